The van der Waals surface area contributed by atoms with Gasteiger partial charge in [0.15, 0.2) is 0 Å². The number of rotatable bonds is 3. The number of piperazine rings is 2. The van der Waals surface area contributed by atoms with Gasteiger partial charge in [-0.15, -0.1) is 0 Å². The first-order valence-electron chi connectivity index (χ1n) is 9.93. The quantitative estimate of drug-likeness (QED) is 0.737. The summed E-state index contributed by atoms with van der Waals surface area (Å²) in [6.45, 7) is 15.2. The molecule has 27 heavy (non-hydrogen) atoms. The molecule has 0 N–H and O–H groups in total. The Bertz CT molecular complexity index is 443. The number of likely N-dealkylation sites (N-methyl/N-ethyl adjacent to an activating group) is 2. The van der Waals surface area contributed by atoms with Gasteiger partial charge >= 0.3 is 12.2 Å². The van der Waals surface area contributed by atoms with Crippen LogP contribution in [-0.4, -0.2) is 111 Å². The number of nitrogens with zero attached hydrogens (tertiary/aromatic N) is 4. The summed E-state index contributed by atoms with van der Waals surface area (Å²) in [5.41, 5.74) is 0. The second kappa shape index (κ2) is 12.0. The molecule has 0 spiro atoms. The van der Waals surface area contributed by atoms with Crippen molar-refractivity contribution >= 4 is 12.2 Å². The summed E-state index contributed by atoms with van der Waals surface area (Å²) < 4.78 is 10.2. The molecule has 2 rings (SSSR count). The van der Waals surface area contributed by atoms with E-state index in [1.165, 1.54) is 0 Å². The molecule has 0 aromatic rings. The van der Waals surface area contributed by atoms with Crippen LogP contribution in [0.3, 0.4) is 0 Å². The fourth-order valence-electron chi connectivity index (χ4n) is 2.58. The number of amides is 2. The van der Waals surface area contributed by atoms with Crippen molar-refractivity contribution < 1.29 is 19.1 Å². The maximum atomic E-state index is 11.5. The van der Waals surface area contributed by atoms with Gasteiger partial charge < -0.3 is 29.1 Å². The second-order valence-electron chi connectivity index (χ2n) is 7.98. The van der Waals surface area contributed by atoms with Crippen molar-refractivity contribution in [3.05, 3.63) is 0 Å². The third-order valence-corrected chi connectivity index (χ3v) is 4.40. The summed E-state index contributed by atoms with van der Waals surface area (Å²) in [5.74, 6) is 0.409. The largest absolute Gasteiger partial charge is 0.449 e. The average Bonchev–Trinajstić information content (AvgIpc) is 2.61. The Hall–Kier alpha value is -1.54. The molecule has 2 heterocycles. The maximum Gasteiger partial charge on any atom is 0.410 e. The molecule has 2 amide bonds. The number of hydrogen-bond acceptors (Lipinski definition) is 6. The lowest BCUT2D eigenvalue weighted by molar-refractivity contribution is 0.0612. The zero-order valence-corrected chi connectivity index (χ0v) is 17.9. The zero-order chi connectivity index (χ0) is 20.4. The fraction of sp³-hybridized carbons (Fsp3) is 0.895. The van der Waals surface area contributed by atoms with E-state index in [2.05, 4.69) is 23.9 Å². The Balaban J connectivity index is 0.000000271. The van der Waals surface area contributed by atoms with Gasteiger partial charge in [-0.25, -0.2) is 9.59 Å². The highest BCUT2D eigenvalue weighted by Crippen LogP contribution is 2.04. The predicted octanol–water partition coefficient (Wildman–Crippen LogP) is 1.81. The van der Waals surface area contributed by atoms with Crippen LogP contribution in [0, 0.1) is 5.92 Å². The lowest BCUT2D eigenvalue weighted by atomic mass is 10.2. The predicted molar refractivity (Wildman–Crippen MR) is 106 cm³/mol. The monoisotopic (exact) mass is 386 g/mol. The molecule has 2 fully saturated rings. The van der Waals surface area contributed by atoms with Crippen LogP contribution in [0.5, 0.6) is 0 Å². The van der Waals surface area contributed by atoms with Gasteiger partial charge in [-0.05, 0) is 33.9 Å². The molecule has 2 aliphatic rings. The lowest BCUT2D eigenvalue weighted by Crippen LogP contribution is -2.47. The Labute approximate surface area is 164 Å². The van der Waals surface area contributed by atoms with Crippen LogP contribution >= 0.6 is 0 Å². The van der Waals surface area contributed by atoms with Crippen molar-refractivity contribution in [2.24, 2.45) is 5.92 Å². The summed E-state index contributed by atoms with van der Waals surface area (Å²) in [7, 11) is 4.13. The lowest BCUT2D eigenvalue weighted by Gasteiger charge is -2.32. The van der Waals surface area contributed by atoms with E-state index in [1.807, 2.05) is 27.7 Å². The number of ether oxygens (including phenoxy) is 2. The van der Waals surface area contributed by atoms with Crippen molar-refractivity contribution in [3.63, 3.8) is 0 Å². The van der Waals surface area contributed by atoms with E-state index in [0.29, 0.717) is 12.5 Å². The first kappa shape index (κ1) is 23.5. The van der Waals surface area contributed by atoms with Crippen molar-refractivity contribution in [1.29, 1.82) is 0 Å². The minimum Gasteiger partial charge on any atom is -0.449 e. The fourth-order valence-corrected chi connectivity index (χ4v) is 2.58. The van der Waals surface area contributed by atoms with E-state index in [1.54, 1.807) is 9.80 Å². The van der Waals surface area contributed by atoms with Gasteiger partial charge in [0.1, 0.15) is 0 Å². The number of hydrogen-bond donors (Lipinski definition) is 0. The molecule has 0 radical (unpaired) electrons. The van der Waals surface area contributed by atoms with E-state index in [9.17, 15) is 9.59 Å². The normalized spacial score (nSPS) is 19.0. The molecule has 0 atom stereocenters. The van der Waals surface area contributed by atoms with E-state index in [0.717, 1.165) is 52.4 Å². The summed E-state index contributed by atoms with van der Waals surface area (Å²) in [6.07, 6.45) is -0.359. The van der Waals surface area contributed by atoms with E-state index in [-0.39, 0.29) is 18.3 Å². The highest BCUT2D eigenvalue weighted by atomic mass is 16.6. The van der Waals surface area contributed by atoms with Crippen molar-refractivity contribution in [2.75, 3.05) is 73.1 Å². The van der Waals surface area contributed by atoms with Gasteiger partial charge in [0.05, 0.1) is 12.7 Å². The van der Waals surface area contributed by atoms with E-state index in [4.69, 9.17) is 9.47 Å². The molecule has 2 aliphatic heterocycles. The van der Waals surface area contributed by atoms with Gasteiger partial charge in [-0.2, -0.15) is 0 Å². The summed E-state index contributed by atoms with van der Waals surface area (Å²) in [6, 6.07) is 0. The molecule has 8 nitrogen and oxygen atoms in total. The van der Waals surface area contributed by atoms with Crippen molar-refractivity contribution in [3.8, 4) is 0 Å². The highest BCUT2D eigenvalue weighted by molar-refractivity contribution is 5.68. The first-order valence-corrected chi connectivity index (χ1v) is 9.93. The highest BCUT2D eigenvalue weighted by Gasteiger charge is 2.21. The minimum absolute atomic E-state index is 0.0212. The molecule has 2 saturated heterocycles. The van der Waals surface area contributed by atoms with Crippen LogP contribution in [0.2, 0.25) is 0 Å². The van der Waals surface area contributed by atoms with Crippen LogP contribution in [0.15, 0.2) is 0 Å². The van der Waals surface area contributed by atoms with Gasteiger partial charge in [-0.3, -0.25) is 0 Å². The molecule has 8 heteroatoms. The molecule has 158 valence electrons. The Morgan fingerprint density at radius 1 is 0.741 bits per heavy atom. The van der Waals surface area contributed by atoms with Gasteiger partial charge in [0.25, 0.3) is 0 Å². The summed E-state index contributed by atoms with van der Waals surface area (Å²) in [5, 5.41) is 0. The van der Waals surface area contributed by atoms with Gasteiger partial charge in [0.2, 0.25) is 0 Å². The third-order valence-electron chi connectivity index (χ3n) is 4.40. The molecule has 0 aliphatic carbocycles. The molecule has 0 aromatic heterocycles. The Morgan fingerprint density at radius 3 is 1.52 bits per heavy atom. The maximum absolute atomic E-state index is 11.5. The van der Waals surface area contributed by atoms with Gasteiger partial charge in [-0.1, -0.05) is 13.8 Å². The molecular weight excluding hydrogens is 348 g/mol. The van der Waals surface area contributed by atoms with Crippen molar-refractivity contribution in [2.45, 2.75) is 33.8 Å². The number of carbonyl (C=O) groups is 2. The summed E-state index contributed by atoms with van der Waals surface area (Å²) in [4.78, 5) is 30.9. The van der Waals surface area contributed by atoms with Crippen LogP contribution in [0.1, 0.15) is 27.7 Å². The average molecular weight is 387 g/mol. The molecule has 0 unspecified atom stereocenters. The Kier molecular flexibility index (Phi) is 10.5. The second-order valence-corrected chi connectivity index (χ2v) is 7.98. The SMILES string of the molecule is CC(C)COC(=O)N1CCN(C)CC1.CC(C)OC(=O)N1CCN(C)CC1. The first-order chi connectivity index (χ1) is 12.7. The van der Waals surface area contributed by atoms with Crippen LogP contribution < -0.4 is 0 Å². The minimum atomic E-state index is -0.178. The number of carbonyl (C=O) groups excluding carboxylic acids is 2. The van der Waals surface area contributed by atoms with Crippen molar-refractivity contribution in [1.82, 2.24) is 19.6 Å². The topological polar surface area (TPSA) is 65.6 Å². The standard InChI is InChI=1S/C10H20N2O2.C9H18N2O2/c1-9(2)8-14-10(13)12-6-4-11(3)5-7-12;1-8(2)13-9(12)11-6-4-10(3)5-7-11/h9H,4-8H2,1-3H3;8H,4-7H2,1-3H3. The molecule has 0 bridgehead atoms. The van der Waals surface area contributed by atoms with Gasteiger partial charge in [0, 0.05) is 52.4 Å². The van der Waals surface area contributed by atoms with E-state index >= 15 is 0 Å². The molecular formula is C19H38N4O4. The third kappa shape index (κ3) is 9.81. The van der Waals surface area contributed by atoms with Crippen LogP contribution in [0.25, 0.3) is 0 Å². The summed E-state index contributed by atoms with van der Waals surface area (Å²) >= 11 is 0. The van der Waals surface area contributed by atoms with Crippen LogP contribution in [-0.2, 0) is 9.47 Å². The smallest absolute Gasteiger partial charge is 0.410 e. The van der Waals surface area contributed by atoms with E-state index < -0.39 is 0 Å². The Morgan fingerprint density at radius 2 is 1.15 bits per heavy atom. The molecule has 0 aromatic carbocycles. The molecule has 0 saturated carbocycles. The van der Waals surface area contributed by atoms with Crippen LogP contribution in [0.4, 0.5) is 9.59 Å². The zero-order valence-electron chi connectivity index (χ0n) is 17.9.